The summed E-state index contributed by atoms with van der Waals surface area (Å²) >= 11 is 0. The summed E-state index contributed by atoms with van der Waals surface area (Å²) in [7, 11) is -3.75. The van der Waals surface area contributed by atoms with E-state index >= 15 is 0 Å². The second-order valence-electron chi connectivity index (χ2n) is 10.2. The number of aliphatic carboxylic acids is 1. The molecule has 0 unspecified atom stereocenters. The average Bonchev–Trinajstić information content (AvgIpc) is 3.65. The number of furan rings is 1. The van der Waals surface area contributed by atoms with Crippen LogP contribution in [-0.4, -0.2) is 85.0 Å². The molecule has 14 heteroatoms. The summed E-state index contributed by atoms with van der Waals surface area (Å²) in [5.74, 6) is -3.48. The van der Waals surface area contributed by atoms with E-state index in [9.17, 15) is 26.4 Å². The highest BCUT2D eigenvalue weighted by molar-refractivity contribution is 7.89. The zero-order valence-electron chi connectivity index (χ0n) is 23.0. The summed E-state index contributed by atoms with van der Waals surface area (Å²) in [6.07, 6.45) is 0.993. The first-order chi connectivity index (χ1) is 19.8. The number of carboxylic acid groups (broad SMARTS) is 1. The molecule has 2 aromatic heterocycles. The topological polar surface area (TPSA) is 124 Å². The van der Waals surface area contributed by atoms with E-state index in [0.717, 1.165) is 18.7 Å². The van der Waals surface area contributed by atoms with Gasteiger partial charge in [0.15, 0.2) is 0 Å². The molecule has 42 heavy (non-hydrogen) atoms. The van der Waals surface area contributed by atoms with E-state index in [4.69, 9.17) is 14.3 Å². The molecule has 5 rings (SSSR count). The first-order valence-corrected chi connectivity index (χ1v) is 14.6. The molecule has 2 fully saturated rings. The molecule has 1 amide bonds. The number of anilines is 1. The van der Waals surface area contributed by atoms with E-state index in [-0.39, 0.29) is 29.8 Å². The van der Waals surface area contributed by atoms with Gasteiger partial charge < -0.3 is 19.3 Å². The summed E-state index contributed by atoms with van der Waals surface area (Å²) in [4.78, 5) is 30.9. The van der Waals surface area contributed by atoms with Crippen LogP contribution in [0.3, 0.4) is 0 Å². The Morgan fingerprint density at radius 1 is 1.05 bits per heavy atom. The SMILES string of the molecule is Cc1ccc(C)c(N2CCN(C(=O)[C@@H]3CN(S(=O)(=O)c4cccnc4)C[C@H]3c3ccoc3)CC2)c1.O=C(O)C(F)(F)F. The maximum absolute atomic E-state index is 13.7. The molecule has 1 N–H and O–H groups in total. The molecule has 2 aliphatic heterocycles. The monoisotopic (exact) mass is 608 g/mol. The van der Waals surface area contributed by atoms with Crippen molar-refractivity contribution in [3.8, 4) is 0 Å². The normalized spacial score (nSPS) is 19.7. The summed E-state index contributed by atoms with van der Waals surface area (Å²) in [6, 6.07) is 11.4. The summed E-state index contributed by atoms with van der Waals surface area (Å²) < 4.78 is 65.0. The fourth-order valence-corrected chi connectivity index (χ4v) is 6.61. The number of rotatable bonds is 5. The van der Waals surface area contributed by atoms with Crippen LogP contribution >= 0.6 is 0 Å². The van der Waals surface area contributed by atoms with Crippen molar-refractivity contribution in [3.05, 3.63) is 78.0 Å². The number of carboxylic acids is 1. The first kappa shape index (κ1) is 31.0. The number of benzene rings is 1. The number of carbonyl (C=O) groups excluding carboxylic acids is 1. The Kier molecular flexibility index (Phi) is 9.26. The quantitative estimate of drug-likeness (QED) is 0.466. The van der Waals surface area contributed by atoms with Crippen molar-refractivity contribution in [2.24, 2.45) is 5.92 Å². The highest BCUT2D eigenvalue weighted by Crippen LogP contribution is 2.37. The van der Waals surface area contributed by atoms with Gasteiger partial charge in [-0.25, -0.2) is 13.2 Å². The molecule has 0 bridgehead atoms. The number of piperazine rings is 1. The average molecular weight is 609 g/mol. The van der Waals surface area contributed by atoms with E-state index in [1.54, 1.807) is 24.8 Å². The van der Waals surface area contributed by atoms with Crippen molar-refractivity contribution in [1.29, 1.82) is 0 Å². The molecular weight excluding hydrogens is 577 g/mol. The minimum absolute atomic E-state index is 0.000649. The van der Waals surface area contributed by atoms with E-state index in [1.807, 2.05) is 11.0 Å². The molecule has 0 radical (unpaired) electrons. The lowest BCUT2D eigenvalue weighted by molar-refractivity contribution is -0.192. The minimum atomic E-state index is -5.08. The number of amides is 1. The number of halogens is 3. The molecule has 2 aliphatic rings. The number of aryl methyl sites for hydroxylation is 2. The predicted molar refractivity (Wildman–Crippen MR) is 146 cm³/mol. The van der Waals surface area contributed by atoms with Gasteiger partial charge in [0.1, 0.15) is 4.90 Å². The Balaban J connectivity index is 0.000000517. The number of pyridine rings is 1. The fourth-order valence-electron chi connectivity index (χ4n) is 5.15. The lowest BCUT2D eigenvalue weighted by atomic mass is 9.89. The van der Waals surface area contributed by atoms with Gasteiger partial charge in [-0.1, -0.05) is 12.1 Å². The van der Waals surface area contributed by atoms with Gasteiger partial charge in [-0.15, -0.1) is 0 Å². The highest BCUT2D eigenvalue weighted by atomic mass is 32.2. The third-order valence-electron chi connectivity index (χ3n) is 7.39. The minimum Gasteiger partial charge on any atom is -0.475 e. The molecule has 0 aliphatic carbocycles. The molecular formula is C28H31F3N4O6S. The smallest absolute Gasteiger partial charge is 0.475 e. The van der Waals surface area contributed by atoms with E-state index in [1.165, 1.54) is 33.4 Å². The second kappa shape index (κ2) is 12.5. The Morgan fingerprint density at radius 3 is 2.31 bits per heavy atom. The number of nitrogens with zero attached hydrogens (tertiary/aromatic N) is 4. The molecule has 2 atom stereocenters. The van der Waals surface area contributed by atoms with Crippen LogP contribution < -0.4 is 4.90 Å². The predicted octanol–water partition coefficient (Wildman–Crippen LogP) is 3.68. The summed E-state index contributed by atoms with van der Waals surface area (Å²) in [6.45, 7) is 7.28. The Hall–Kier alpha value is -3.91. The zero-order valence-corrected chi connectivity index (χ0v) is 23.8. The van der Waals surface area contributed by atoms with Crippen LogP contribution in [0.15, 0.2) is 70.6 Å². The maximum Gasteiger partial charge on any atom is 0.490 e. The lowest BCUT2D eigenvalue weighted by Crippen LogP contribution is -2.51. The maximum atomic E-state index is 13.7. The van der Waals surface area contributed by atoms with Gasteiger partial charge in [0, 0.05) is 63.3 Å². The Labute approximate surface area is 241 Å². The van der Waals surface area contributed by atoms with Crippen molar-refractivity contribution >= 4 is 27.6 Å². The highest BCUT2D eigenvalue weighted by Gasteiger charge is 2.45. The first-order valence-electron chi connectivity index (χ1n) is 13.1. The van der Waals surface area contributed by atoms with Gasteiger partial charge in [0.05, 0.1) is 18.4 Å². The third kappa shape index (κ3) is 6.93. The number of aromatic nitrogens is 1. The van der Waals surface area contributed by atoms with Crippen LogP contribution in [0.4, 0.5) is 18.9 Å². The van der Waals surface area contributed by atoms with Gasteiger partial charge in [0.2, 0.25) is 15.9 Å². The number of carbonyl (C=O) groups is 2. The largest absolute Gasteiger partial charge is 0.490 e. The molecule has 3 aromatic rings. The van der Waals surface area contributed by atoms with Crippen LogP contribution in [0.2, 0.25) is 0 Å². The van der Waals surface area contributed by atoms with E-state index < -0.39 is 28.1 Å². The molecule has 2 saturated heterocycles. The Morgan fingerprint density at radius 2 is 1.74 bits per heavy atom. The standard InChI is InChI=1S/C26H30N4O4S.C2HF3O2/c1-19-5-6-20(2)25(14-19)28-9-11-29(12-10-28)26(31)24-17-30(16-23(24)21-7-13-34-18-21)35(32,33)22-4-3-8-27-15-22;3-2(4,5)1(6)7/h3-8,13-15,18,23-24H,9-12,16-17H2,1-2H3;(H,6,7)/t23-,24+;/m0./s1. The van der Waals surface area contributed by atoms with Crippen molar-refractivity contribution in [3.63, 3.8) is 0 Å². The third-order valence-corrected chi connectivity index (χ3v) is 9.20. The number of alkyl halides is 3. The van der Waals surface area contributed by atoms with E-state index in [2.05, 4.69) is 41.9 Å². The molecule has 0 saturated carbocycles. The van der Waals surface area contributed by atoms with Gasteiger partial charge in [-0.05, 0) is 54.8 Å². The van der Waals surface area contributed by atoms with Crippen LogP contribution in [0.5, 0.6) is 0 Å². The zero-order chi connectivity index (χ0) is 30.7. The van der Waals surface area contributed by atoms with Gasteiger partial charge in [-0.3, -0.25) is 9.78 Å². The van der Waals surface area contributed by atoms with Crippen molar-refractivity contribution in [2.45, 2.75) is 30.8 Å². The van der Waals surface area contributed by atoms with Gasteiger partial charge in [0.25, 0.3) is 0 Å². The van der Waals surface area contributed by atoms with Gasteiger partial charge in [-0.2, -0.15) is 17.5 Å². The van der Waals surface area contributed by atoms with Crippen LogP contribution in [0.1, 0.15) is 22.6 Å². The number of hydrogen-bond donors (Lipinski definition) is 1. The van der Waals surface area contributed by atoms with Crippen molar-refractivity contribution in [2.75, 3.05) is 44.2 Å². The molecule has 4 heterocycles. The fraction of sp³-hybridized carbons (Fsp3) is 0.393. The number of hydrogen-bond acceptors (Lipinski definition) is 7. The van der Waals surface area contributed by atoms with Crippen LogP contribution in [-0.2, 0) is 19.6 Å². The number of sulfonamides is 1. The van der Waals surface area contributed by atoms with Crippen molar-refractivity contribution < 1.29 is 40.7 Å². The van der Waals surface area contributed by atoms with E-state index in [0.29, 0.717) is 13.1 Å². The molecule has 1 aromatic carbocycles. The summed E-state index contributed by atoms with van der Waals surface area (Å²) in [5, 5.41) is 7.12. The molecule has 226 valence electrons. The van der Waals surface area contributed by atoms with Gasteiger partial charge >= 0.3 is 12.1 Å². The second-order valence-corrected chi connectivity index (χ2v) is 12.1. The van der Waals surface area contributed by atoms with Crippen molar-refractivity contribution in [1.82, 2.24) is 14.2 Å². The molecule has 10 nitrogen and oxygen atoms in total. The summed E-state index contributed by atoms with van der Waals surface area (Å²) in [5.41, 5.74) is 4.50. The molecule has 0 spiro atoms. The Bertz CT molecular complexity index is 1490. The lowest BCUT2D eigenvalue weighted by Gasteiger charge is -2.38. The van der Waals surface area contributed by atoms with Crippen LogP contribution in [0, 0.1) is 19.8 Å². The van der Waals surface area contributed by atoms with Crippen LogP contribution in [0.25, 0.3) is 0 Å².